The maximum absolute atomic E-state index is 13.2. The number of benzene rings is 3. The van der Waals surface area contributed by atoms with Crippen molar-refractivity contribution in [2.45, 2.75) is 12.6 Å². The summed E-state index contributed by atoms with van der Waals surface area (Å²) in [7, 11) is 1.53. The highest BCUT2D eigenvalue weighted by molar-refractivity contribution is 8.26. The van der Waals surface area contributed by atoms with Gasteiger partial charge in [-0.2, -0.15) is 0 Å². The number of aliphatic carboxylic acids is 1. The number of thiocarbonyl (C=S) groups is 1. The number of hydrogen-bond acceptors (Lipinski definition) is 6. The number of hydrogen-bond donors (Lipinski definition) is 1. The van der Waals surface area contributed by atoms with Crippen LogP contribution in [-0.2, 0) is 16.2 Å². The molecule has 1 atom stereocenters. The van der Waals surface area contributed by atoms with Crippen LogP contribution in [-0.4, -0.2) is 33.3 Å². The molecule has 3 aromatic rings. The summed E-state index contributed by atoms with van der Waals surface area (Å²) >= 11 is 12.4. The van der Waals surface area contributed by atoms with Crippen molar-refractivity contribution in [1.29, 1.82) is 0 Å². The topological polar surface area (TPSA) is 76.1 Å². The van der Waals surface area contributed by atoms with Gasteiger partial charge in [0.05, 0.1) is 12.0 Å². The van der Waals surface area contributed by atoms with Crippen molar-refractivity contribution < 1.29 is 24.2 Å². The molecule has 0 radical (unpaired) electrons. The number of rotatable bonds is 8. The Hall–Kier alpha value is -3.33. The van der Waals surface area contributed by atoms with Gasteiger partial charge >= 0.3 is 5.97 Å². The summed E-state index contributed by atoms with van der Waals surface area (Å²) in [6.07, 6.45) is 1.66. The fourth-order valence-corrected chi connectivity index (χ4v) is 4.97. The average molecular weight is 526 g/mol. The van der Waals surface area contributed by atoms with Crippen molar-refractivity contribution >= 4 is 57.9 Å². The third-order valence-electron chi connectivity index (χ3n) is 5.22. The van der Waals surface area contributed by atoms with Gasteiger partial charge < -0.3 is 14.6 Å². The Morgan fingerprint density at radius 3 is 2.49 bits per heavy atom. The van der Waals surface area contributed by atoms with E-state index < -0.39 is 17.9 Å². The number of carboxylic acids is 1. The minimum absolute atomic E-state index is 0.187. The van der Waals surface area contributed by atoms with Gasteiger partial charge in [-0.05, 0) is 47.0 Å². The zero-order valence-corrected chi connectivity index (χ0v) is 20.9. The van der Waals surface area contributed by atoms with Crippen molar-refractivity contribution in [1.82, 2.24) is 4.90 Å². The van der Waals surface area contributed by atoms with Crippen LogP contribution in [0.1, 0.15) is 22.7 Å². The van der Waals surface area contributed by atoms with Gasteiger partial charge in [0.15, 0.2) is 17.5 Å². The van der Waals surface area contributed by atoms with E-state index in [0.29, 0.717) is 39.2 Å². The molecule has 0 spiro atoms. The van der Waals surface area contributed by atoms with E-state index in [1.54, 1.807) is 66.7 Å². The fraction of sp³-hybridized carbons (Fsp3) is 0.115. The molecule has 3 aromatic carbocycles. The second-order valence-corrected chi connectivity index (χ2v) is 9.64. The van der Waals surface area contributed by atoms with E-state index in [2.05, 4.69) is 0 Å². The summed E-state index contributed by atoms with van der Waals surface area (Å²) in [5, 5.41) is 10.5. The van der Waals surface area contributed by atoms with Gasteiger partial charge in [-0.15, -0.1) is 0 Å². The van der Waals surface area contributed by atoms with Crippen LogP contribution in [0.15, 0.2) is 77.7 Å². The Labute approximate surface area is 217 Å². The zero-order chi connectivity index (χ0) is 24.9. The molecule has 1 amide bonds. The van der Waals surface area contributed by atoms with E-state index in [9.17, 15) is 14.7 Å². The third-order valence-corrected chi connectivity index (χ3v) is 6.81. The van der Waals surface area contributed by atoms with E-state index >= 15 is 0 Å². The summed E-state index contributed by atoms with van der Waals surface area (Å²) in [6, 6.07) is 20.0. The fourth-order valence-electron chi connectivity index (χ4n) is 3.53. The van der Waals surface area contributed by atoms with E-state index in [1.165, 1.54) is 7.11 Å². The molecule has 0 bridgehead atoms. The lowest BCUT2D eigenvalue weighted by Crippen LogP contribution is -2.37. The summed E-state index contributed by atoms with van der Waals surface area (Å²) in [6.45, 7) is 0.335. The van der Waals surface area contributed by atoms with E-state index in [1.807, 2.05) is 12.1 Å². The quantitative estimate of drug-likeness (QED) is 0.287. The molecule has 9 heteroatoms. The summed E-state index contributed by atoms with van der Waals surface area (Å²) in [5.41, 5.74) is 2.12. The van der Waals surface area contributed by atoms with Crippen LogP contribution < -0.4 is 9.47 Å². The number of carbonyl (C=O) groups excluding carboxylic acids is 1. The van der Waals surface area contributed by atoms with Crippen molar-refractivity contribution in [3.63, 3.8) is 0 Å². The molecule has 1 unspecified atom stereocenters. The molecule has 0 saturated carbocycles. The molecule has 1 aliphatic rings. The number of carbonyl (C=O) groups is 2. The molecule has 4 rings (SSSR count). The Morgan fingerprint density at radius 2 is 1.83 bits per heavy atom. The lowest BCUT2D eigenvalue weighted by Gasteiger charge is -2.23. The average Bonchev–Trinajstić information content (AvgIpc) is 3.12. The summed E-state index contributed by atoms with van der Waals surface area (Å²) in [5.74, 6) is -0.575. The first-order valence-corrected chi connectivity index (χ1v) is 12.1. The maximum Gasteiger partial charge on any atom is 0.331 e. The van der Waals surface area contributed by atoms with Crippen LogP contribution >= 0.6 is 35.6 Å². The number of thioether (sulfide) groups is 1. The molecular formula is C26H20ClNO5S2. The van der Waals surface area contributed by atoms with E-state index in [0.717, 1.165) is 22.2 Å². The standard InChI is InChI=1S/C26H20ClNO5S2/c1-32-21-13-17(9-12-20(21)33-15-16-7-10-19(27)11-8-16)14-22-24(29)28(26(34)35-22)23(25(30)31)18-5-3-2-4-6-18/h2-14,23H,15H2,1H3,(H,30,31). The molecule has 1 aliphatic heterocycles. The van der Waals surface area contributed by atoms with E-state index in [4.69, 9.17) is 33.3 Å². The van der Waals surface area contributed by atoms with Crippen molar-refractivity contribution in [2.75, 3.05) is 7.11 Å². The summed E-state index contributed by atoms with van der Waals surface area (Å²) in [4.78, 5) is 26.7. The normalized spacial score (nSPS) is 15.4. The molecule has 1 N–H and O–H groups in total. The maximum atomic E-state index is 13.2. The predicted molar refractivity (Wildman–Crippen MR) is 141 cm³/mol. The molecule has 1 fully saturated rings. The van der Waals surface area contributed by atoms with Gasteiger partial charge in [0.25, 0.3) is 5.91 Å². The minimum Gasteiger partial charge on any atom is -0.493 e. The largest absolute Gasteiger partial charge is 0.493 e. The molecule has 1 heterocycles. The Kier molecular flexibility index (Phi) is 7.75. The number of methoxy groups -OCH3 is 1. The van der Waals surface area contributed by atoms with E-state index in [-0.39, 0.29) is 4.32 Å². The first kappa shape index (κ1) is 24.8. The van der Waals surface area contributed by atoms with Crippen LogP contribution in [0.5, 0.6) is 11.5 Å². The first-order chi connectivity index (χ1) is 16.9. The van der Waals surface area contributed by atoms with Gasteiger partial charge in [0, 0.05) is 5.02 Å². The zero-order valence-electron chi connectivity index (χ0n) is 18.5. The molecule has 1 saturated heterocycles. The highest BCUT2D eigenvalue weighted by Gasteiger charge is 2.41. The van der Waals surface area contributed by atoms with Crippen molar-refractivity contribution in [3.05, 3.63) is 99.4 Å². The van der Waals surface area contributed by atoms with Crippen molar-refractivity contribution in [2.24, 2.45) is 0 Å². The van der Waals surface area contributed by atoms with Crippen molar-refractivity contribution in [3.8, 4) is 11.5 Å². The van der Waals surface area contributed by atoms with Gasteiger partial charge in [0.1, 0.15) is 10.9 Å². The molecule has 6 nitrogen and oxygen atoms in total. The predicted octanol–water partition coefficient (Wildman–Crippen LogP) is 5.95. The van der Waals surface area contributed by atoms with Crippen LogP contribution in [0.2, 0.25) is 5.02 Å². The lowest BCUT2D eigenvalue weighted by atomic mass is 10.1. The summed E-state index contributed by atoms with van der Waals surface area (Å²) < 4.78 is 11.5. The number of nitrogens with zero attached hydrogens (tertiary/aromatic N) is 1. The van der Waals surface area contributed by atoms with Gasteiger partial charge in [-0.3, -0.25) is 9.69 Å². The molecule has 178 valence electrons. The molecule has 0 aliphatic carbocycles. The van der Waals surface area contributed by atoms with Gasteiger partial charge in [-0.1, -0.05) is 84.1 Å². The number of ether oxygens (including phenoxy) is 2. The third kappa shape index (κ3) is 5.67. The highest BCUT2D eigenvalue weighted by Crippen LogP contribution is 2.39. The Morgan fingerprint density at radius 1 is 1.11 bits per heavy atom. The van der Waals surface area contributed by atoms with Gasteiger partial charge in [0.2, 0.25) is 0 Å². The van der Waals surface area contributed by atoms with Crippen LogP contribution in [0.4, 0.5) is 0 Å². The minimum atomic E-state index is -1.20. The lowest BCUT2D eigenvalue weighted by molar-refractivity contribution is -0.145. The molecule has 0 aromatic heterocycles. The smallest absolute Gasteiger partial charge is 0.331 e. The monoisotopic (exact) mass is 525 g/mol. The van der Waals surface area contributed by atoms with Crippen LogP contribution in [0.25, 0.3) is 6.08 Å². The number of amides is 1. The Bertz CT molecular complexity index is 1290. The highest BCUT2D eigenvalue weighted by atomic mass is 35.5. The second kappa shape index (κ2) is 10.9. The number of carboxylic acid groups (broad SMARTS) is 1. The SMILES string of the molecule is COc1cc(C=C2SC(=S)N(C(C(=O)O)c3ccccc3)C2=O)ccc1OCc1ccc(Cl)cc1. The van der Waals surface area contributed by atoms with Gasteiger partial charge in [-0.25, -0.2) is 4.79 Å². The first-order valence-electron chi connectivity index (χ1n) is 10.5. The number of halogens is 1. The van der Waals surface area contributed by atoms with Crippen LogP contribution in [0.3, 0.4) is 0 Å². The molecule has 35 heavy (non-hydrogen) atoms. The second-order valence-electron chi connectivity index (χ2n) is 7.53. The molecular weight excluding hydrogens is 506 g/mol. The van der Waals surface area contributed by atoms with Crippen LogP contribution in [0, 0.1) is 0 Å². The Balaban J connectivity index is 1.55.